The molecule has 0 aliphatic heterocycles. The van der Waals surface area contributed by atoms with Gasteiger partial charge in [-0.05, 0) is 6.92 Å². The first-order valence-electron chi connectivity index (χ1n) is 2.58. The van der Waals surface area contributed by atoms with Gasteiger partial charge in [0.05, 0.1) is 7.11 Å². The molecule has 5 nitrogen and oxygen atoms in total. The van der Waals surface area contributed by atoms with Gasteiger partial charge in [0, 0.05) is 0 Å². The van der Waals surface area contributed by atoms with Crippen LogP contribution in [0.1, 0.15) is 6.92 Å². The predicted octanol–water partition coefficient (Wildman–Crippen LogP) is -0.228. The maximum Gasteiger partial charge on any atom is 0.419 e. The first-order valence-corrected chi connectivity index (χ1v) is 2.58. The molecule has 0 aliphatic carbocycles. The number of ether oxygens (including phenoxy) is 2. The second kappa shape index (κ2) is 4.60. The van der Waals surface area contributed by atoms with Crippen LogP contribution in [0.3, 0.4) is 0 Å². The molecule has 0 aromatic heterocycles. The number of rotatable bonds is 3. The second-order valence-electron chi connectivity index (χ2n) is 1.48. The largest absolute Gasteiger partial charge is 0.453 e. The van der Waals surface area contributed by atoms with E-state index in [1.165, 1.54) is 20.5 Å². The summed E-state index contributed by atoms with van der Waals surface area (Å²) in [5.74, 6) is 0. The van der Waals surface area contributed by atoms with Crippen LogP contribution in [0, 0.1) is 0 Å². The van der Waals surface area contributed by atoms with E-state index in [9.17, 15) is 9.59 Å². The quantitative estimate of drug-likeness (QED) is 0.558. The van der Waals surface area contributed by atoms with Crippen molar-refractivity contribution in [2.24, 2.45) is 0 Å². The Bertz CT molecular complexity index is 125. The van der Waals surface area contributed by atoms with Crippen molar-refractivity contribution in [2.75, 3.05) is 7.11 Å². The Hall–Kier alpha value is -1.26. The molecule has 0 saturated carbocycles. The fourth-order valence-corrected chi connectivity index (χ4v) is 0.327. The maximum absolute atomic E-state index is 10.4. The Kier molecular flexibility index (Phi) is 4.02. The first-order chi connectivity index (χ1) is 4.70. The highest BCUT2D eigenvalue weighted by atomic mass is 16.6. The Balaban J connectivity index is 3.46. The lowest BCUT2D eigenvalue weighted by atomic mass is 10.6. The minimum absolute atomic E-state index is 0.650. The molecule has 10 heavy (non-hydrogen) atoms. The highest BCUT2D eigenvalue weighted by Crippen LogP contribution is 1.82. The number of amides is 1. The molecule has 0 saturated heterocycles. The van der Waals surface area contributed by atoms with Gasteiger partial charge >= 0.3 is 12.6 Å². The molecular weight excluding hydrogens is 138 g/mol. The van der Waals surface area contributed by atoms with Crippen molar-refractivity contribution < 1.29 is 19.1 Å². The van der Waals surface area contributed by atoms with Gasteiger partial charge in [0.1, 0.15) is 0 Å². The van der Waals surface area contributed by atoms with Crippen LogP contribution in [-0.2, 0) is 14.3 Å². The van der Waals surface area contributed by atoms with Crippen LogP contribution in [0.4, 0.5) is 4.79 Å². The summed E-state index contributed by atoms with van der Waals surface area (Å²) >= 11 is 0. The van der Waals surface area contributed by atoms with Crippen LogP contribution < -0.4 is 5.32 Å². The molecule has 1 N–H and O–H groups in total. The van der Waals surface area contributed by atoms with Gasteiger partial charge in [0.15, 0.2) is 6.23 Å². The van der Waals surface area contributed by atoms with E-state index >= 15 is 0 Å². The van der Waals surface area contributed by atoms with Crippen molar-refractivity contribution in [2.45, 2.75) is 13.2 Å². The number of carbonyl (C=O) groups excluding carboxylic acids is 2. The molecule has 0 aromatic carbocycles. The number of nitrogens with one attached hydrogen (secondary N) is 1. The molecule has 1 atom stereocenters. The minimum Gasteiger partial charge on any atom is -0.453 e. The summed E-state index contributed by atoms with van der Waals surface area (Å²) in [6.07, 6.45) is -1.35. The molecule has 1 unspecified atom stereocenters. The average molecular weight is 146 g/mol. The summed E-state index contributed by atoms with van der Waals surface area (Å²) in [5, 5.41) is 2.18. The van der Waals surface area contributed by atoms with Crippen LogP contribution in [0.5, 0.6) is 0 Å². The smallest absolute Gasteiger partial charge is 0.419 e. The number of carbonyl (C=O) groups is 1. The molecule has 57 valence electrons. The van der Waals surface area contributed by atoms with Crippen molar-refractivity contribution in [1.82, 2.24) is 5.32 Å². The maximum atomic E-state index is 10.4. The Morgan fingerprint density at radius 3 is 2.70 bits per heavy atom. The van der Waals surface area contributed by atoms with E-state index in [4.69, 9.17) is 0 Å². The summed E-state index contributed by atoms with van der Waals surface area (Å²) in [4.78, 5) is 19.9. The van der Waals surface area contributed by atoms with E-state index in [0.29, 0.717) is 0 Å². The molecule has 5 heteroatoms. The third-order valence-corrected chi connectivity index (χ3v) is 0.731. The number of hydrogen-bond acceptors (Lipinski definition) is 4. The number of methoxy groups -OCH3 is 1. The minimum atomic E-state index is -0.704. The van der Waals surface area contributed by atoms with Gasteiger partial charge < -0.3 is 9.47 Å². The lowest BCUT2D eigenvalue weighted by molar-refractivity contribution is 0.124. The summed E-state index contributed by atoms with van der Waals surface area (Å²) in [6, 6.07) is 0. The Morgan fingerprint density at radius 2 is 2.30 bits per heavy atom. The lowest BCUT2D eigenvalue weighted by Gasteiger charge is -2.08. The van der Waals surface area contributed by atoms with E-state index in [0.717, 1.165) is 0 Å². The molecule has 1 amide bonds. The van der Waals surface area contributed by atoms with Crippen LogP contribution in [-0.4, -0.2) is 25.9 Å². The van der Waals surface area contributed by atoms with E-state index in [1.54, 1.807) is 0 Å². The molecule has 0 bridgehead atoms. The highest BCUT2D eigenvalue weighted by Gasteiger charge is 2.05. The normalized spacial score (nSPS) is 11.4. The van der Waals surface area contributed by atoms with Crippen molar-refractivity contribution in [1.29, 1.82) is 0 Å². The van der Waals surface area contributed by atoms with Gasteiger partial charge in [-0.3, -0.25) is 5.32 Å². The Morgan fingerprint density at radius 1 is 1.70 bits per heavy atom. The summed E-state index contributed by atoms with van der Waals surface area (Å²) in [6.45, 7) is 2.65. The second-order valence-corrected chi connectivity index (χ2v) is 1.48. The monoisotopic (exact) mass is 146 g/mol. The third-order valence-electron chi connectivity index (χ3n) is 0.731. The van der Waals surface area contributed by atoms with Crippen molar-refractivity contribution in [3.8, 4) is 0 Å². The zero-order valence-corrected chi connectivity index (χ0v) is 5.71. The molecule has 1 radical (unpaired) electrons. The van der Waals surface area contributed by atoms with Gasteiger partial charge in [-0.1, -0.05) is 0 Å². The lowest BCUT2D eigenvalue weighted by Crippen LogP contribution is -2.34. The topological polar surface area (TPSA) is 64.6 Å². The molecule has 0 spiro atoms. The zero-order valence-electron chi connectivity index (χ0n) is 5.71. The van der Waals surface area contributed by atoms with E-state index in [-0.39, 0.29) is 0 Å². The molecule has 0 fully saturated rings. The van der Waals surface area contributed by atoms with Crippen molar-refractivity contribution in [3.63, 3.8) is 0 Å². The average Bonchev–Trinajstić information content (AvgIpc) is 1.88. The number of hydrogen-bond donors (Lipinski definition) is 1. The van der Waals surface area contributed by atoms with Gasteiger partial charge in [-0.15, -0.1) is 0 Å². The van der Waals surface area contributed by atoms with E-state index in [2.05, 4.69) is 14.8 Å². The molecular formula is C5H8NO4. The molecule has 0 heterocycles. The summed E-state index contributed by atoms with van der Waals surface area (Å²) in [7, 11) is 1.21. The Labute approximate surface area is 58.3 Å². The fraction of sp³-hybridized carbons (Fsp3) is 0.600. The van der Waals surface area contributed by atoms with Gasteiger partial charge in [-0.2, -0.15) is 0 Å². The van der Waals surface area contributed by atoms with Crippen LogP contribution in [0.2, 0.25) is 0 Å². The number of alkyl carbamates (subject to hydrolysis) is 1. The summed E-state index contributed by atoms with van der Waals surface area (Å²) in [5.41, 5.74) is 0. The van der Waals surface area contributed by atoms with Gasteiger partial charge in [0.2, 0.25) is 0 Å². The molecule has 0 rings (SSSR count). The van der Waals surface area contributed by atoms with E-state index < -0.39 is 12.3 Å². The first kappa shape index (κ1) is 8.74. The SMILES string of the molecule is COC(=O)NC(C)O[C]=O. The standard InChI is InChI=1S/C5H8NO4/c1-4(10-3-7)6-5(8)9-2/h4H,1-2H3,(H,6,8). The van der Waals surface area contributed by atoms with Crippen molar-refractivity contribution in [3.05, 3.63) is 0 Å². The van der Waals surface area contributed by atoms with Crippen LogP contribution in [0.15, 0.2) is 0 Å². The predicted molar refractivity (Wildman–Crippen MR) is 31.8 cm³/mol. The molecule has 0 aliphatic rings. The zero-order chi connectivity index (χ0) is 7.98. The van der Waals surface area contributed by atoms with E-state index in [1.807, 2.05) is 0 Å². The fourth-order valence-electron chi connectivity index (χ4n) is 0.327. The highest BCUT2D eigenvalue weighted by molar-refractivity contribution is 5.67. The molecule has 0 aromatic rings. The third kappa shape index (κ3) is 3.71. The van der Waals surface area contributed by atoms with Crippen LogP contribution >= 0.6 is 0 Å². The summed E-state index contributed by atoms with van der Waals surface area (Å²) < 4.78 is 8.40. The van der Waals surface area contributed by atoms with Gasteiger partial charge in [-0.25, -0.2) is 9.59 Å². The van der Waals surface area contributed by atoms with Crippen LogP contribution in [0.25, 0.3) is 0 Å². The van der Waals surface area contributed by atoms with Gasteiger partial charge in [0.25, 0.3) is 0 Å². The van der Waals surface area contributed by atoms with Crippen molar-refractivity contribution >= 4 is 12.6 Å².